The number of carbonyl (C=O) groups excluding carboxylic acids is 1. The molecule has 0 saturated heterocycles. The monoisotopic (exact) mass is 152 g/mol. The largest absolute Gasteiger partial charge is 0.303 e. The lowest BCUT2D eigenvalue weighted by Gasteiger charge is -1.98. The van der Waals surface area contributed by atoms with E-state index in [1.807, 2.05) is 24.6 Å². The van der Waals surface area contributed by atoms with Crippen molar-refractivity contribution in [2.45, 2.75) is 26.8 Å². The standard InChI is InChI=1S/C8H12N2O/c1-7-6-8(2)10(9-7)4-3-5-11/h5-6H,3-4H2,1-2H3. The van der Waals surface area contributed by atoms with Gasteiger partial charge in [0.15, 0.2) is 0 Å². The minimum Gasteiger partial charge on any atom is -0.303 e. The van der Waals surface area contributed by atoms with Gasteiger partial charge in [0.1, 0.15) is 6.29 Å². The molecule has 0 bridgehead atoms. The minimum absolute atomic E-state index is 0.544. The molecule has 60 valence electrons. The van der Waals surface area contributed by atoms with Gasteiger partial charge in [0, 0.05) is 18.7 Å². The minimum atomic E-state index is 0.544. The molecule has 0 amide bonds. The highest BCUT2D eigenvalue weighted by Crippen LogP contribution is 2.01. The van der Waals surface area contributed by atoms with Gasteiger partial charge < -0.3 is 4.79 Å². The Bertz CT molecular complexity index is 253. The van der Waals surface area contributed by atoms with Gasteiger partial charge in [-0.2, -0.15) is 5.10 Å². The maximum atomic E-state index is 10.1. The molecular formula is C8H12N2O. The van der Waals surface area contributed by atoms with Gasteiger partial charge in [-0.15, -0.1) is 0 Å². The zero-order chi connectivity index (χ0) is 8.27. The molecule has 0 spiro atoms. The number of hydrogen-bond acceptors (Lipinski definition) is 2. The molecule has 3 nitrogen and oxygen atoms in total. The SMILES string of the molecule is Cc1cc(C)n(CCC=O)n1. The fraction of sp³-hybridized carbons (Fsp3) is 0.500. The van der Waals surface area contributed by atoms with E-state index in [-0.39, 0.29) is 0 Å². The number of rotatable bonds is 3. The molecule has 0 aromatic carbocycles. The van der Waals surface area contributed by atoms with Gasteiger partial charge in [0.2, 0.25) is 0 Å². The molecule has 1 aromatic rings. The highest BCUT2D eigenvalue weighted by molar-refractivity contribution is 5.48. The van der Waals surface area contributed by atoms with Gasteiger partial charge >= 0.3 is 0 Å². The van der Waals surface area contributed by atoms with Crippen LogP contribution < -0.4 is 0 Å². The number of nitrogens with zero attached hydrogens (tertiary/aromatic N) is 2. The van der Waals surface area contributed by atoms with E-state index in [1.165, 1.54) is 0 Å². The first kappa shape index (κ1) is 7.98. The maximum absolute atomic E-state index is 10.1. The fourth-order valence-electron chi connectivity index (χ4n) is 1.08. The van der Waals surface area contributed by atoms with E-state index in [0.29, 0.717) is 13.0 Å². The van der Waals surface area contributed by atoms with Crippen LogP contribution in [0.1, 0.15) is 17.8 Å². The molecule has 0 N–H and O–H groups in total. The quantitative estimate of drug-likeness (QED) is 0.608. The van der Waals surface area contributed by atoms with Crippen molar-refractivity contribution in [3.8, 4) is 0 Å². The predicted octanol–water partition coefficient (Wildman–Crippen LogP) is 1.09. The lowest BCUT2D eigenvalue weighted by molar-refractivity contribution is -0.108. The zero-order valence-electron chi connectivity index (χ0n) is 6.87. The summed E-state index contributed by atoms with van der Waals surface area (Å²) in [5, 5.41) is 4.21. The summed E-state index contributed by atoms with van der Waals surface area (Å²) in [6.45, 7) is 4.64. The molecule has 0 radical (unpaired) electrons. The van der Waals surface area contributed by atoms with Crippen LogP contribution in [0.2, 0.25) is 0 Å². The van der Waals surface area contributed by atoms with Crippen LogP contribution in [0.25, 0.3) is 0 Å². The van der Waals surface area contributed by atoms with Crippen LogP contribution >= 0.6 is 0 Å². The first-order chi connectivity index (χ1) is 5.24. The number of aromatic nitrogens is 2. The first-order valence-corrected chi connectivity index (χ1v) is 3.68. The Morgan fingerprint density at radius 2 is 2.36 bits per heavy atom. The summed E-state index contributed by atoms with van der Waals surface area (Å²) in [6, 6.07) is 2.00. The van der Waals surface area contributed by atoms with Crippen LogP contribution in [-0.2, 0) is 11.3 Å². The summed E-state index contributed by atoms with van der Waals surface area (Å²) < 4.78 is 1.85. The predicted molar refractivity (Wildman–Crippen MR) is 42.4 cm³/mol. The van der Waals surface area contributed by atoms with Crippen molar-refractivity contribution < 1.29 is 4.79 Å². The molecule has 0 aliphatic rings. The van der Waals surface area contributed by atoms with Crippen LogP contribution in [0, 0.1) is 13.8 Å². The molecule has 0 aliphatic heterocycles. The smallest absolute Gasteiger partial charge is 0.121 e. The maximum Gasteiger partial charge on any atom is 0.121 e. The molecule has 0 saturated carbocycles. The van der Waals surface area contributed by atoms with Crippen molar-refractivity contribution >= 4 is 6.29 Å². The third-order valence-electron chi connectivity index (χ3n) is 1.56. The summed E-state index contributed by atoms with van der Waals surface area (Å²) in [5.74, 6) is 0. The molecule has 3 heteroatoms. The average Bonchev–Trinajstić information content (AvgIpc) is 2.26. The molecule has 0 unspecified atom stereocenters. The number of aryl methyl sites for hydroxylation is 3. The molecule has 0 fully saturated rings. The summed E-state index contributed by atoms with van der Waals surface area (Å²) >= 11 is 0. The van der Waals surface area contributed by atoms with Gasteiger partial charge in [0.25, 0.3) is 0 Å². The van der Waals surface area contributed by atoms with Crippen molar-refractivity contribution in [1.82, 2.24) is 9.78 Å². The Morgan fingerprint density at radius 3 is 2.82 bits per heavy atom. The van der Waals surface area contributed by atoms with Crippen LogP contribution in [0.15, 0.2) is 6.07 Å². The number of hydrogen-bond donors (Lipinski definition) is 0. The first-order valence-electron chi connectivity index (χ1n) is 3.68. The van der Waals surface area contributed by atoms with Gasteiger partial charge in [-0.3, -0.25) is 4.68 Å². The Labute approximate surface area is 66.0 Å². The van der Waals surface area contributed by atoms with Crippen LogP contribution in [0.3, 0.4) is 0 Å². The molecule has 0 atom stereocenters. The topological polar surface area (TPSA) is 34.9 Å². The van der Waals surface area contributed by atoms with Gasteiger partial charge in [0.05, 0.1) is 5.69 Å². The molecular weight excluding hydrogens is 140 g/mol. The summed E-state index contributed by atoms with van der Waals surface area (Å²) in [7, 11) is 0. The lowest BCUT2D eigenvalue weighted by Crippen LogP contribution is -2.02. The van der Waals surface area contributed by atoms with E-state index >= 15 is 0 Å². The Kier molecular flexibility index (Phi) is 2.41. The normalized spacial score (nSPS) is 10.0. The van der Waals surface area contributed by atoms with E-state index in [1.54, 1.807) is 0 Å². The molecule has 11 heavy (non-hydrogen) atoms. The van der Waals surface area contributed by atoms with E-state index in [2.05, 4.69) is 5.10 Å². The zero-order valence-corrected chi connectivity index (χ0v) is 6.87. The summed E-state index contributed by atoms with van der Waals surface area (Å²) in [5.41, 5.74) is 2.12. The highest BCUT2D eigenvalue weighted by atomic mass is 16.1. The molecule has 1 rings (SSSR count). The van der Waals surface area contributed by atoms with Gasteiger partial charge in [-0.05, 0) is 19.9 Å². The van der Waals surface area contributed by atoms with Gasteiger partial charge in [-0.25, -0.2) is 0 Å². The summed E-state index contributed by atoms with van der Waals surface area (Å²) in [4.78, 5) is 10.1. The van der Waals surface area contributed by atoms with E-state index in [0.717, 1.165) is 17.7 Å². The molecule has 1 aromatic heterocycles. The highest BCUT2D eigenvalue weighted by Gasteiger charge is 1.98. The third-order valence-corrected chi connectivity index (χ3v) is 1.56. The van der Waals surface area contributed by atoms with Crippen molar-refractivity contribution in [2.75, 3.05) is 0 Å². The summed E-state index contributed by atoms with van der Waals surface area (Å²) in [6.07, 6.45) is 1.46. The lowest BCUT2D eigenvalue weighted by atomic mass is 10.4. The Balaban J connectivity index is 2.69. The van der Waals surface area contributed by atoms with Crippen molar-refractivity contribution in [3.63, 3.8) is 0 Å². The van der Waals surface area contributed by atoms with Crippen molar-refractivity contribution in [2.24, 2.45) is 0 Å². The number of aldehydes is 1. The fourth-order valence-corrected chi connectivity index (χ4v) is 1.08. The molecule has 1 heterocycles. The van der Waals surface area contributed by atoms with Crippen LogP contribution in [0.5, 0.6) is 0 Å². The van der Waals surface area contributed by atoms with Gasteiger partial charge in [-0.1, -0.05) is 0 Å². The van der Waals surface area contributed by atoms with E-state index in [9.17, 15) is 4.79 Å². The second-order valence-electron chi connectivity index (χ2n) is 2.61. The van der Waals surface area contributed by atoms with Crippen LogP contribution in [-0.4, -0.2) is 16.1 Å². The third kappa shape index (κ3) is 1.90. The van der Waals surface area contributed by atoms with E-state index < -0.39 is 0 Å². The molecule has 0 aliphatic carbocycles. The van der Waals surface area contributed by atoms with Crippen molar-refractivity contribution in [3.05, 3.63) is 17.5 Å². The van der Waals surface area contributed by atoms with Crippen molar-refractivity contribution in [1.29, 1.82) is 0 Å². The second-order valence-corrected chi connectivity index (χ2v) is 2.61. The number of carbonyl (C=O) groups is 1. The Morgan fingerprint density at radius 1 is 1.64 bits per heavy atom. The van der Waals surface area contributed by atoms with E-state index in [4.69, 9.17) is 0 Å². The second kappa shape index (κ2) is 3.32. The average molecular weight is 152 g/mol. The Hall–Kier alpha value is -1.12. The van der Waals surface area contributed by atoms with Crippen LogP contribution in [0.4, 0.5) is 0 Å².